The van der Waals surface area contributed by atoms with Gasteiger partial charge in [0.1, 0.15) is 17.4 Å². The number of hydrogen-bond donors (Lipinski definition) is 1. The van der Waals surface area contributed by atoms with Crippen LogP contribution >= 0.6 is 0 Å². The van der Waals surface area contributed by atoms with E-state index in [1.807, 2.05) is 32.0 Å². The van der Waals surface area contributed by atoms with Gasteiger partial charge in [0.15, 0.2) is 0 Å². The molecule has 0 aliphatic rings. The van der Waals surface area contributed by atoms with E-state index in [1.54, 1.807) is 6.07 Å². The lowest BCUT2D eigenvalue weighted by molar-refractivity contribution is -0.112. The van der Waals surface area contributed by atoms with Crippen LogP contribution in [0.15, 0.2) is 48.0 Å². The maximum atomic E-state index is 12.3. The average molecular weight is 342 g/mol. The standard InChI is InChI=1S/C19H16F2N2O2/c1-12-3-8-17(13(2)9-12)23-18(24)15(11-22)10-14-4-6-16(7-5-14)25-19(20)21/h3-10,19H,1-2H3,(H,23,24)/b15-10-. The van der Waals surface area contributed by atoms with Crippen LogP contribution in [0.4, 0.5) is 14.5 Å². The van der Waals surface area contributed by atoms with Gasteiger partial charge >= 0.3 is 6.61 Å². The zero-order valence-electron chi connectivity index (χ0n) is 13.7. The first-order valence-electron chi connectivity index (χ1n) is 7.44. The van der Waals surface area contributed by atoms with Crippen LogP contribution in [-0.2, 0) is 4.79 Å². The van der Waals surface area contributed by atoms with Gasteiger partial charge in [-0.3, -0.25) is 4.79 Å². The maximum Gasteiger partial charge on any atom is 0.387 e. The zero-order valence-corrected chi connectivity index (χ0v) is 13.7. The minimum absolute atomic E-state index is 0.00499. The molecule has 0 heterocycles. The van der Waals surface area contributed by atoms with Crippen molar-refractivity contribution < 1.29 is 18.3 Å². The average Bonchev–Trinajstić information content (AvgIpc) is 2.56. The molecule has 128 valence electrons. The molecule has 0 atom stereocenters. The maximum absolute atomic E-state index is 12.3. The molecule has 1 amide bonds. The summed E-state index contributed by atoms with van der Waals surface area (Å²) in [7, 11) is 0. The van der Waals surface area contributed by atoms with Crippen molar-refractivity contribution in [1.29, 1.82) is 5.26 Å². The summed E-state index contributed by atoms with van der Waals surface area (Å²) in [6.07, 6.45) is 1.38. The first kappa shape index (κ1) is 18.1. The normalized spacial score (nSPS) is 11.1. The quantitative estimate of drug-likeness (QED) is 0.645. The van der Waals surface area contributed by atoms with Crippen LogP contribution in [0.25, 0.3) is 6.08 Å². The van der Waals surface area contributed by atoms with Crippen molar-refractivity contribution in [1.82, 2.24) is 0 Å². The third-order valence-electron chi connectivity index (χ3n) is 3.41. The molecule has 0 aliphatic carbocycles. The molecule has 1 N–H and O–H groups in total. The minimum atomic E-state index is -2.90. The molecule has 0 radical (unpaired) electrons. The van der Waals surface area contributed by atoms with Gasteiger partial charge in [-0.2, -0.15) is 14.0 Å². The number of hydrogen-bond acceptors (Lipinski definition) is 3. The lowest BCUT2D eigenvalue weighted by Crippen LogP contribution is -2.14. The van der Waals surface area contributed by atoms with Crippen molar-refractivity contribution in [3.8, 4) is 11.8 Å². The number of rotatable bonds is 5. The molecular weight excluding hydrogens is 326 g/mol. The number of amides is 1. The molecule has 0 fully saturated rings. The summed E-state index contributed by atoms with van der Waals surface area (Å²) in [6, 6.07) is 13.1. The Hall–Kier alpha value is -3.20. The summed E-state index contributed by atoms with van der Waals surface area (Å²) >= 11 is 0. The van der Waals surface area contributed by atoms with Crippen LogP contribution in [0.3, 0.4) is 0 Å². The number of carbonyl (C=O) groups is 1. The second-order valence-electron chi connectivity index (χ2n) is 5.39. The van der Waals surface area contributed by atoms with Gasteiger partial charge in [0, 0.05) is 5.69 Å². The van der Waals surface area contributed by atoms with Crippen molar-refractivity contribution in [3.05, 3.63) is 64.7 Å². The van der Waals surface area contributed by atoms with Gasteiger partial charge in [0.05, 0.1) is 0 Å². The Balaban J connectivity index is 2.16. The first-order valence-corrected chi connectivity index (χ1v) is 7.44. The van der Waals surface area contributed by atoms with Crippen molar-refractivity contribution in [2.24, 2.45) is 0 Å². The van der Waals surface area contributed by atoms with Crippen LogP contribution in [0.1, 0.15) is 16.7 Å². The molecule has 0 aliphatic heterocycles. The zero-order chi connectivity index (χ0) is 18.4. The third-order valence-corrected chi connectivity index (χ3v) is 3.41. The van der Waals surface area contributed by atoms with E-state index < -0.39 is 12.5 Å². The van der Waals surface area contributed by atoms with Crippen LogP contribution in [-0.4, -0.2) is 12.5 Å². The monoisotopic (exact) mass is 342 g/mol. The molecule has 0 saturated heterocycles. The summed E-state index contributed by atoms with van der Waals surface area (Å²) in [5, 5.41) is 11.9. The van der Waals surface area contributed by atoms with E-state index in [0.29, 0.717) is 11.3 Å². The molecule has 6 heteroatoms. The smallest absolute Gasteiger partial charge is 0.387 e. The highest BCUT2D eigenvalue weighted by atomic mass is 19.3. The van der Waals surface area contributed by atoms with Crippen LogP contribution in [0.5, 0.6) is 5.75 Å². The summed E-state index contributed by atoms with van der Waals surface area (Å²) < 4.78 is 28.5. The van der Waals surface area contributed by atoms with E-state index in [4.69, 9.17) is 0 Å². The third kappa shape index (κ3) is 5.15. The summed E-state index contributed by atoms with van der Waals surface area (Å²) in [5.74, 6) is -0.534. The SMILES string of the molecule is Cc1ccc(NC(=O)/C(C#N)=C\c2ccc(OC(F)F)cc2)c(C)c1. The number of nitrogens with one attached hydrogen (secondary N) is 1. The van der Waals surface area contributed by atoms with E-state index in [-0.39, 0.29) is 11.3 Å². The van der Waals surface area contributed by atoms with Crippen molar-refractivity contribution in [2.75, 3.05) is 5.32 Å². The van der Waals surface area contributed by atoms with Crippen LogP contribution < -0.4 is 10.1 Å². The topological polar surface area (TPSA) is 62.1 Å². The summed E-state index contributed by atoms with van der Waals surface area (Å²) in [6.45, 7) is 0.903. The summed E-state index contributed by atoms with van der Waals surface area (Å²) in [4.78, 5) is 12.3. The number of nitrogens with zero attached hydrogens (tertiary/aromatic N) is 1. The fourth-order valence-electron chi connectivity index (χ4n) is 2.20. The molecule has 2 aromatic carbocycles. The van der Waals surface area contributed by atoms with Gasteiger partial charge in [-0.1, -0.05) is 29.8 Å². The number of alkyl halides is 2. The number of benzene rings is 2. The van der Waals surface area contributed by atoms with E-state index >= 15 is 0 Å². The highest BCUT2D eigenvalue weighted by molar-refractivity contribution is 6.09. The van der Waals surface area contributed by atoms with E-state index in [9.17, 15) is 18.8 Å². The van der Waals surface area contributed by atoms with Crippen LogP contribution in [0.2, 0.25) is 0 Å². The molecule has 0 unspecified atom stereocenters. The summed E-state index contributed by atoms with van der Waals surface area (Å²) in [5.41, 5.74) is 3.01. The number of halogens is 2. The predicted molar refractivity (Wildman–Crippen MR) is 91.2 cm³/mol. The molecule has 0 saturated carbocycles. The molecule has 0 aromatic heterocycles. The van der Waals surface area contributed by atoms with Gasteiger partial charge in [-0.25, -0.2) is 0 Å². The molecule has 4 nitrogen and oxygen atoms in total. The molecule has 0 bridgehead atoms. The Morgan fingerprint density at radius 1 is 1.20 bits per heavy atom. The second-order valence-corrected chi connectivity index (χ2v) is 5.39. The highest BCUT2D eigenvalue weighted by Gasteiger charge is 2.11. The Bertz CT molecular complexity index is 837. The lowest BCUT2D eigenvalue weighted by Gasteiger charge is -2.08. The second kappa shape index (κ2) is 8.06. The van der Waals surface area contributed by atoms with Crippen molar-refractivity contribution in [2.45, 2.75) is 20.5 Å². The molecule has 2 aromatic rings. The number of ether oxygens (including phenoxy) is 1. The molecule has 25 heavy (non-hydrogen) atoms. The van der Waals surface area contributed by atoms with E-state index in [0.717, 1.165) is 11.1 Å². The van der Waals surface area contributed by atoms with E-state index in [1.165, 1.54) is 30.3 Å². The number of carbonyl (C=O) groups excluding carboxylic acids is 1. The Kier molecular flexibility index (Phi) is 5.85. The first-order chi connectivity index (χ1) is 11.9. The number of anilines is 1. The number of nitriles is 1. The van der Waals surface area contributed by atoms with Crippen LogP contribution in [0, 0.1) is 25.2 Å². The molecule has 0 spiro atoms. The van der Waals surface area contributed by atoms with Crippen molar-refractivity contribution in [3.63, 3.8) is 0 Å². The Morgan fingerprint density at radius 3 is 2.44 bits per heavy atom. The number of aryl methyl sites for hydroxylation is 2. The van der Waals surface area contributed by atoms with Crippen molar-refractivity contribution >= 4 is 17.7 Å². The van der Waals surface area contributed by atoms with E-state index in [2.05, 4.69) is 10.1 Å². The molecular formula is C19H16F2N2O2. The van der Waals surface area contributed by atoms with Gasteiger partial charge in [0.2, 0.25) is 0 Å². The molecule has 2 rings (SSSR count). The fraction of sp³-hybridized carbons (Fsp3) is 0.158. The largest absolute Gasteiger partial charge is 0.435 e. The lowest BCUT2D eigenvalue weighted by atomic mass is 10.1. The van der Waals surface area contributed by atoms with Gasteiger partial charge in [-0.05, 0) is 49.2 Å². The predicted octanol–water partition coefficient (Wildman–Crippen LogP) is 4.45. The Morgan fingerprint density at radius 2 is 1.88 bits per heavy atom. The highest BCUT2D eigenvalue weighted by Crippen LogP contribution is 2.19. The minimum Gasteiger partial charge on any atom is -0.435 e. The fourth-order valence-corrected chi connectivity index (χ4v) is 2.20. The van der Waals surface area contributed by atoms with Gasteiger partial charge in [-0.15, -0.1) is 0 Å². The Labute approximate surface area is 144 Å². The van der Waals surface area contributed by atoms with Gasteiger partial charge in [0.25, 0.3) is 5.91 Å². The van der Waals surface area contributed by atoms with Gasteiger partial charge < -0.3 is 10.1 Å².